The van der Waals surface area contributed by atoms with E-state index in [1.807, 2.05) is 18.2 Å². The van der Waals surface area contributed by atoms with E-state index in [1.54, 1.807) is 12.1 Å². The summed E-state index contributed by atoms with van der Waals surface area (Å²) < 4.78 is 31.7. The first-order chi connectivity index (χ1) is 12.6. The number of carbonyl (C=O) groups is 2. The van der Waals surface area contributed by atoms with E-state index in [1.165, 1.54) is 11.6 Å². The third-order valence-electron chi connectivity index (χ3n) is 3.38. The Morgan fingerprint density at radius 1 is 1.04 bits per heavy atom. The van der Waals surface area contributed by atoms with Crippen LogP contribution in [0.3, 0.4) is 0 Å². The van der Waals surface area contributed by atoms with Crippen molar-refractivity contribution in [2.45, 2.75) is 19.1 Å². The highest BCUT2D eigenvalue weighted by molar-refractivity contribution is 5.88. The van der Waals surface area contributed by atoms with Gasteiger partial charge in [-0.25, -0.2) is 9.59 Å². The summed E-state index contributed by atoms with van der Waals surface area (Å²) in [5.74, 6) is -3.69. The van der Waals surface area contributed by atoms with E-state index in [2.05, 4.69) is 17.4 Å². The number of alkyl halides is 3. The van der Waals surface area contributed by atoms with E-state index in [9.17, 15) is 18.0 Å². The predicted octanol–water partition coefficient (Wildman–Crippen LogP) is 2.93. The zero-order valence-electron chi connectivity index (χ0n) is 14.2. The van der Waals surface area contributed by atoms with Gasteiger partial charge in [-0.1, -0.05) is 30.3 Å². The molecule has 0 heterocycles. The van der Waals surface area contributed by atoms with E-state index >= 15 is 0 Å². The van der Waals surface area contributed by atoms with Crippen molar-refractivity contribution >= 4 is 17.6 Å². The molecule has 2 aromatic carbocycles. The van der Waals surface area contributed by atoms with E-state index in [0.717, 1.165) is 18.5 Å². The molecule has 0 aliphatic carbocycles. The smallest absolute Gasteiger partial charge is 0.478 e. The summed E-state index contributed by atoms with van der Waals surface area (Å²) in [6, 6.07) is 15.0. The van der Waals surface area contributed by atoms with Crippen molar-refractivity contribution in [3.05, 3.63) is 65.2 Å². The molecule has 0 aliphatic heterocycles. The van der Waals surface area contributed by atoms with Gasteiger partial charge in [-0.05, 0) is 42.3 Å². The monoisotopic (exact) mass is 384 g/mol. The lowest BCUT2D eigenvalue weighted by Gasteiger charge is -2.09. The van der Waals surface area contributed by atoms with Gasteiger partial charge >= 0.3 is 18.1 Å². The minimum atomic E-state index is -5.08. The van der Waals surface area contributed by atoms with Crippen molar-refractivity contribution in [1.82, 2.24) is 5.32 Å². The first-order valence-electron chi connectivity index (χ1n) is 7.77. The van der Waals surface area contributed by atoms with Crippen LogP contribution in [0.25, 0.3) is 0 Å². The number of rotatable bonds is 6. The molecule has 5 N–H and O–H groups in total. The van der Waals surface area contributed by atoms with Crippen molar-refractivity contribution in [2.24, 2.45) is 0 Å². The van der Waals surface area contributed by atoms with Gasteiger partial charge in [0.1, 0.15) is 0 Å². The van der Waals surface area contributed by atoms with Crippen LogP contribution in [0.4, 0.5) is 18.9 Å². The maximum absolute atomic E-state index is 10.9. The maximum Gasteiger partial charge on any atom is 0.490 e. The van der Waals surface area contributed by atoms with Gasteiger partial charge in [-0.3, -0.25) is 0 Å². The predicted molar refractivity (Wildman–Crippen MR) is 93.4 cm³/mol. The van der Waals surface area contributed by atoms with Crippen LogP contribution in [0.2, 0.25) is 0 Å². The van der Waals surface area contributed by atoms with Crippen molar-refractivity contribution in [1.29, 1.82) is 0 Å². The first-order valence-corrected chi connectivity index (χ1v) is 7.77. The highest BCUT2D eigenvalue weighted by Gasteiger charge is 2.38. The molecule has 0 atom stereocenters. The van der Waals surface area contributed by atoms with E-state index in [4.69, 9.17) is 20.7 Å². The highest BCUT2D eigenvalue weighted by atomic mass is 19.4. The second-order valence-electron chi connectivity index (χ2n) is 5.43. The fourth-order valence-electron chi connectivity index (χ4n) is 1.99. The molecule has 2 rings (SSSR count). The summed E-state index contributed by atoms with van der Waals surface area (Å²) in [6.07, 6.45) is -4.15. The summed E-state index contributed by atoms with van der Waals surface area (Å²) in [4.78, 5) is 19.8. The van der Waals surface area contributed by atoms with Gasteiger partial charge in [0.15, 0.2) is 0 Å². The minimum Gasteiger partial charge on any atom is -0.478 e. The number of aromatic carboxylic acids is 1. The molecule has 0 radical (unpaired) electrons. The zero-order valence-corrected chi connectivity index (χ0v) is 14.2. The largest absolute Gasteiger partial charge is 0.490 e. The molecule has 0 saturated heterocycles. The molecule has 0 aliphatic rings. The highest BCUT2D eigenvalue weighted by Crippen LogP contribution is 2.14. The third-order valence-corrected chi connectivity index (χ3v) is 3.38. The average Bonchev–Trinajstić information content (AvgIpc) is 2.60. The Bertz CT molecular complexity index is 765. The fourth-order valence-corrected chi connectivity index (χ4v) is 1.99. The molecule has 27 heavy (non-hydrogen) atoms. The first kappa shape index (κ1) is 22.0. The number of hydrogen-bond acceptors (Lipinski definition) is 4. The summed E-state index contributed by atoms with van der Waals surface area (Å²) in [6.45, 7) is 1.39. The number of nitrogen functional groups attached to an aromatic ring is 1. The Labute approximate surface area is 153 Å². The molecule has 0 saturated carbocycles. The van der Waals surface area contributed by atoms with Gasteiger partial charge in [-0.15, -0.1) is 0 Å². The van der Waals surface area contributed by atoms with Gasteiger partial charge in [0.25, 0.3) is 0 Å². The van der Waals surface area contributed by atoms with Crippen molar-refractivity contribution in [2.75, 3.05) is 12.3 Å². The molecular formula is C18H19F3N2O4. The Morgan fingerprint density at radius 3 is 2.15 bits per heavy atom. The van der Waals surface area contributed by atoms with Crippen LogP contribution < -0.4 is 11.1 Å². The van der Waals surface area contributed by atoms with Crippen LogP contribution in [0, 0.1) is 0 Å². The fraction of sp³-hybridized carbons (Fsp3) is 0.222. The Balaban J connectivity index is 0.000000445. The van der Waals surface area contributed by atoms with Crippen LogP contribution in [-0.2, 0) is 17.8 Å². The standard InChI is InChI=1S/C16H18N2O2.C2HF3O2/c17-15-7-6-13(16(19)20)10-14(15)11-18-9-8-12-4-2-1-3-5-12;3-2(4,5)1(6)7/h1-7,10,18H,8-9,11,17H2,(H,19,20);(H,6,7). The molecule has 0 bridgehead atoms. The molecule has 0 unspecified atom stereocenters. The Hall–Kier alpha value is -3.07. The number of benzene rings is 2. The summed E-state index contributed by atoms with van der Waals surface area (Å²) in [7, 11) is 0. The molecular weight excluding hydrogens is 365 g/mol. The SMILES string of the molecule is Nc1ccc(C(=O)O)cc1CNCCc1ccccc1.O=C(O)C(F)(F)F. The maximum atomic E-state index is 10.9. The van der Waals surface area contributed by atoms with Gasteiger partial charge in [0, 0.05) is 12.2 Å². The second-order valence-corrected chi connectivity index (χ2v) is 5.43. The molecule has 0 aromatic heterocycles. The van der Waals surface area contributed by atoms with Gasteiger partial charge in [0.2, 0.25) is 0 Å². The summed E-state index contributed by atoms with van der Waals surface area (Å²) >= 11 is 0. The number of hydrogen-bond donors (Lipinski definition) is 4. The molecule has 2 aromatic rings. The topological polar surface area (TPSA) is 113 Å². The number of aliphatic carboxylic acids is 1. The van der Waals surface area contributed by atoms with Crippen LogP contribution in [0.15, 0.2) is 48.5 Å². The summed E-state index contributed by atoms with van der Waals surface area (Å²) in [5.41, 5.74) is 8.81. The third kappa shape index (κ3) is 8.23. The van der Waals surface area contributed by atoms with Crippen LogP contribution in [0.5, 0.6) is 0 Å². The van der Waals surface area contributed by atoms with E-state index in [0.29, 0.717) is 12.2 Å². The summed E-state index contributed by atoms with van der Waals surface area (Å²) in [5, 5.41) is 19.4. The number of carboxylic acid groups (broad SMARTS) is 2. The second kappa shape index (κ2) is 10.2. The number of halogens is 3. The minimum absolute atomic E-state index is 0.263. The van der Waals surface area contributed by atoms with E-state index in [-0.39, 0.29) is 5.56 Å². The number of carboxylic acids is 2. The van der Waals surface area contributed by atoms with Crippen LogP contribution >= 0.6 is 0 Å². The van der Waals surface area contributed by atoms with Gasteiger partial charge < -0.3 is 21.3 Å². The Morgan fingerprint density at radius 2 is 1.63 bits per heavy atom. The normalized spacial score (nSPS) is 10.6. The van der Waals surface area contributed by atoms with Crippen LogP contribution in [0.1, 0.15) is 21.5 Å². The van der Waals surface area contributed by atoms with Crippen molar-refractivity contribution in [3.63, 3.8) is 0 Å². The molecule has 0 spiro atoms. The molecule has 146 valence electrons. The molecule has 0 amide bonds. The molecule has 0 fully saturated rings. The number of nitrogens with two attached hydrogens (primary N) is 1. The lowest BCUT2D eigenvalue weighted by molar-refractivity contribution is -0.192. The van der Waals surface area contributed by atoms with E-state index < -0.39 is 18.1 Å². The quantitative estimate of drug-likeness (QED) is 0.450. The number of nitrogens with one attached hydrogen (secondary N) is 1. The van der Waals surface area contributed by atoms with Crippen molar-refractivity contribution in [3.8, 4) is 0 Å². The van der Waals surface area contributed by atoms with Gasteiger partial charge in [-0.2, -0.15) is 13.2 Å². The average molecular weight is 384 g/mol. The Kier molecular flexibility index (Phi) is 8.28. The molecule has 9 heteroatoms. The zero-order chi connectivity index (χ0) is 20.4. The van der Waals surface area contributed by atoms with Gasteiger partial charge in [0.05, 0.1) is 5.56 Å². The van der Waals surface area contributed by atoms with Crippen molar-refractivity contribution < 1.29 is 33.0 Å². The lowest BCUT2D eigenvalue weighted by Crippen LogP contribution is -2.21. The number of anilines is 1. The lowest BCUT2D eigenvalue weighted by atomic mass is 10.1. The molecule has 6 nitrogen and oxygen atoms in total. The van der Waals surface area contributed by atoms with Crippen LogP contribution in [-0.4, -0.2) is 34.9 Å².